The van der Waals surface area contributed by atoms with Crippen LogP contribution in [0.4, 0.5) is 4.39 Å². The molecule has 2 rings (SSSR count). The molecule has 0 spiro atoms. The molecule has 0 saturated carbocycles. The van der Waals surface area contributed by atoms with Crippen molar-refractivity contribution < 1.29 is 21.2 Å². The Morgan fingerprint density at radius 1 is 1.23 bits per heavy atom. The van der Waals surface area contributed by atoms with Crippen molar-refractivity contribution in [2.24, 2.45) is 5.92 Å². The normalized spacial score (nSPS) is 17.7. The first-order chi connectivity index (χ1) is 10.0. The molecule has 22 heavy (non-hydrogen) atoms. The van der Waals surface area contributed by atoms with Gasteiger partial charge in [0.25, 0.3) is 0 Å². The molecular weight excluding hydrogens is 329 g/mol. The van der Waals surface area contributed by atoms with Crippen molar-refractivity contribution in [1.82, 2.24) is 4.31 Å². The molecule has 0 amide bonds. The van der Waals surface area contributed by atoms with Gasteiger partial charge in [0, 0.05) is 13.1 Å². The fourth-order valence-corrected chi connectivity index (χ4v) is 6.17. The largest absolute Gasteiger partial charge is 0.243 e. The van der Waals surface area contributed by atoms with E-state index in [1.807, 2.05) is 13.8 Å². The fraction of sp³-hybridized carbons (Fsp3) is 0.571. The minimum absolute atomic E-state index is 0.00823. The summed E-state index contributed by atoms with van der Waals surface area (Å²) in [7, 11) is -7.04. The van der Waals surface area contributed by atoms with Crippen LogP contribution in [0.5, 0.6) is 0 Å². The van der Waals surface area contributed by atoms with Gasteiger partial charge in [-0.15, -0.1) is 0 Å². The van der Waals surface area contributed by atoms with Gasteiger partial charge in [0.2, 0.25) is 10.0 Å². The second-order valence-electron chi connectivity index (χ2n) is 6.08. The molecule has 1 fully saturated rings. The minimum atomic E-state index is -3.76. The van der Waals surface area contributed by atoms with Crippen molar-refractivity contribution in [3.63, 3.8) is 0 Å². The molecule has 0 unspecified atom stereocenters. The number of hydrogen-bond acceptors (Lipinski definition) is 4. The van der Waals surface area contributed by atoms with Crippen molar-refractivity contribution in [1.29, 1.82) is 0 Å². The molecule has 0 atom stereocenters. The molecule has 8 heteroatoms. The van der Waals surface area contributed by atoms with Crippen LogP contribution in [0, 0.1) is 18.7 Å². The maximum atomic E-state index is 13.2. The Bertz CT molecular complexity index is 766. The molecule has 1 aromatic rings. The molecule has 1 aliphatic heterocycles. The number of nitrogens with zero attached hydrogens (tertiary/aromatic N) is 1. The average Bonchev–Trinajstić information content (AvgIpc) is 2.27. The second-order valence-corrected chi connectivity index (χ2v) is 10.3. The standard InChI is InChI=1S/C14H20FNO4S2/c1-10(2)9-21(17,18)13-7-16(8-13)22(19,20)12-4-5-14(15)11(3)6-12/h4-6,10,13H,7-9H2,1-3H3. The van der Waals surface area contributed by atoms with Gasteiger partial charge in [-0.3, -0.25) is 0 Å². The van der Waals surface area contributed by atoms with Gasteiger partial charge < -0.3 is 0 Å². The SMILES string of the molecule is Cc1cc(S(=O)(=O)N2CC(S(=O)(=O)CC(C)C)C2)ccc1F. The predicted octanol–water partition coefficient (Wildman–Crippen LogP) is 1.58. The number of sulfone groups is 1. The van der Waals surface area contributed by atoms with Crippen LogP contribution in [0.3, 0.4) is 0 Å². The number of aryl methyl sites for hydroxylation is 1. The zero-order valence-electron chi connectivity index (χ0n) is 12.8. The van der Waals surface area contributed by atoms with Crippen molar-refractivity contribution in [2.45, 2.75) is 30.9 Å². The molecular formula is C14H20FNO4S2. The Morgan fingerprint density at radius 3 is 2.32 bits per heavy atom. The quantitative estimate of drug-likeness (QED) is 0.809. The maximum Gasteiger partial charge on any atom is 0.243 e. The molecule has 0 aliphatic carbocycles. The van der Waals surface area contributed by atoms with E-state index in [0.29, 0.717) is 0 Å². The van der Waals surface area contributed by atoms with E-state index in [9.17, 15) is 21.2 Å². The van der Waals surface area contributed by atoms with E-state index in [-0.39, 0.29) is 35.2 Å². The van der Waals surface area contributed by atoms with Gasteiger partial charge >= 0.3 is 0 Å². The molecule has 0 radical (unpaired) electrons. The highest BCUT2D eigenvalue weighted by Gasteiger charge is 2.43. The molecule has 1 aromatic carbocycles. The van der Waals surface area contributed by atoms with Gasteiger partial charge in [-0.25, -0.2) is 21.2 Å². The summed E-state index contributed by atoms with van der Waals surface area (Å²) in [6.07, 6.45) is 0. The van der Waals surface area contributed by atoms with E-state index in [2.05, 4.69) is 0 Å². The van der Waals surface area contributed by atoms with Crippen LogP contribution in [-0.2, 0) is 19.9 Å². The summed E-state index contributed by atoms with van der Waals surface area (Å²) in [6.45, 7) is 5.04. The number of benzene rings is 1. The molecule has 1 heterocycles. The summed E-state index contributed by atoms with van der Waals surface area (Å²) in [5.74, 6) is -0.406. The molecule has 1 saturated heterocycles. The molecule has 0 aromatic heterocycles. The third-order valence-corrected chi connectivity index (χ3v) is 7.93. The van der Waals surface area contributed by atoms with E-state index in [1.165, 1.54) is 19.1 Å². The highest BCUT2D eigenvalue weighted by atomic mass is 32.2. The molecule has 0 N–H and O–H groups in total. The number of rotatable bonds is 5. The van der Waals surface area contributed by atoms with E-state index < -0.39 is 30.9 Å². The molecule has 1 aliphatic rings. The summed E-state index contributed by atoms with van der Waals surface area (Å²) >= 11 is 0. The smallest absolute Gasteiger partial charge is 0.228 e. The summed E-state index contributed by atoms with van der Waals surface area (Å²) in [5, 5.41) is -0.647. The van der Waals surface area contributed by atoms with Crippen LogP contribution in [0.25, 0.3) is 0 Å². The first-order valence-electron chi connectivity index (χ1n) is 7.02. The second kappa shape index (κ2) is 5.90. The van der Waals surface area contributed by atoms with Crippen LogP contribution >= 0.6 is 0 Å². The van der Waals surface area contributed by atoms with E-state index in [1.54, 1.807) is 0 Å². The van der Waals surface area contributed by atoms with Crippen molar-refractivity contribution in [2.75, 3.05) is 18.8 Å². The Labute approximate surface area is 131 Å². The molecule has 124 valence electrons. The summed E-state index contributed by atoms with van der Waals surface area (Å²) in [4.78, 5) is -0.00823. The van der Waals surface area contributed by atoms with Crippen molar-refractivity contribution in [3.05, 3.63) is 29.6 Å². The number of halogens is 1. The van der Waals surface area contributed by atoms with Gasteiger partial charge in [0.05, 0.1) is 15.9 Å². The predicted molar refractivity (Wildman–Crippen MR) is 82.3 cm³/mol. The summed E-state index contributed by atoms with van der Waals surface area (Å²) in [6, 6.07) is 3.57. The third kappa shape index (κ3) is 3.33. The first kappa shape index (κ1) is 17.4. The van der Waals surface area contributed by atoms with Crippen LogP contribution in [0.2, 0.25) is 0 Å². The fourth-order valence-electron chi connectivity index (χ4n) is 2.35. The lowest BCUT2D eigenvalue weighted by molar-refractivity contribution is 0.309. The number of hydrogen-bond donors (Lipinski definition) is 0. The van der Waals surface area contributed by atoms with Crippen molar-refractivity contribution >= 4 is 19.9 Å². The van der Waals surface area contributed by atoms with Gasteiger partial charge in [0.1, 0.15) is 5.82 Å². The Balaban J connectivity index is 2.13. The van der Waals surface area contributed by atoms with E-state index in [4.69, 9.17) is 0 Å². The topological polar surface area (TPSA) is 71.5 Å². The van der Waals surface area contributed by atoms with Gasteiger partial charge in [-0.05, 0) is 36.6 Å². The lowest BCUT2D eigenvalue weighted by Gasteiger charge is -2.37. The molecule has 5 nitrogen and oxygen atoms in total. The third-order valence-electron chi connectivity index (χ3n) is 3.66. The van der Waals surface area contributed by atoms with Crippen LogP contribution in [-0.4, -0.2) is 45.2 Å². The number of sulfonamides is 1. The zero-order valence-corrected chi connectivity index (χ0v) is 14.4. The zero-order chi connectivity index (χ0) is 16.7. The van der Waals surface area contributed by atoms with Crippen LogP contribution in [0.15, 0.2) is 23.1 Å². The average molecular weight is 349 g/mol. The van der Waals surface area contributed by atoms with Crippen LogP contribution in [0.1, 0.15) is 19.4 Å². The summed E-state index contributed by atoms with van der Waals surface area (Å²) < 4.78 is 63.2. The summed E-state index contributed by atoms with van der Waals surface area (Å²) in [5.41, 5.74) is 0.241. The Morgan fingerprint density at radius 2 is 1.82 bits per heavy atom. The Hall–Kier alpha value is -0.990. The maximum absolute atomic E-state index is 13.2. The van der Waals surface area contributed by atoms with Crippen molar-refractivity contribution in [3.8, 4) is 0 Å². The highest BCUT2D eigenvalue weighted by Crippen LogP contribution is 2.27. The van der Waals surface area contributed by atoms with Gasteiger partial charge in [-0.1, -0.05) is 13.8 Å². The first-order valence-corrected chi connectivity index (χ1v) is 10.2. The van der Waals surface area contributed by atoms with E-state index in [0.717, 1.165) is 10.4 Å². The monoisotopic (exact) mass is 349 g/mol. The highest BCUT2D eigenvalue weighted by molar-refractivity contribution is 7.92. The van der Waals surface area contributed by atoms with Crippen LogP contribution < -0.4 is 0 Å². The lowest BCUT2D eigenvalue weighted by atomic mass is 10.2. The minimum Gasteiger partial charge on any atom is -0.228 e. The molecule has 0 bridgehead atoms. The van der Waals surface area contributed by atoms with Gasteiger partial charge in [-0.2, -0.15) is 4.31 Å². The Kier molecular flexibility index (Phi) is 4.66. The van der Waals surface area contributed by atoms with Gasteiger partial charge in [0.15, 0.2) is 9.84 Å². The lowest BCUT2D eigenvalue weighted by Crippen LogP contribution is -2.57. The van der Waals surface area contributed by atoms with E-state index >= 15 is 0 Å².